The third kappa shape index (κ3) is 5.60. The van der Waals surface area contributed by atoms with E-state index in [0.29, 0.717) is 29.2 Å². The maximum atomic E-state index is 13.1. The molecule has 0 radical (unpaired) electrons. The van der Waals surface area contributed by atoms with Crippen molar-refractivity contribution in [2.45, 2.75) is 39.2 Å². The molecular formula is C29H30N2O4. The molecule has 0 saturated carbocycles. The number of methoxy groups -OCH3 is 1. The number of carbonyl (C=O) groups is 2. The number of nitrogens with zero attached hydrogens (tertiary/aromatic N) is 1. The lowest BCUT2D eigenvalue weighted by atomic mass is 9.85. The Hall–Kier alpha value is -3.93. The van der Waals surface area contributed by atoms with E-state index >= 15 is 0 Å². The maximum Gasteiger partial charge on any atom is 0.259 e. The minimum absolute atomic E-state index is 0.0326. The SMILES string of the molecule is CCOc1ccccc1C(=O)Nc1ccc(C(=O)CC2=NC(C)(C)Cc3ccc(OC)cc32)cc1. The Bertz CT molecular complexity index is 1280. The van der Waals surface area contributed by atoms with E-state index < -0.39 is 0 Å². The Morgan fingerprint density at radius 1 is 1.03 bits per heavy atom. The Morgan fingerprint density at radius 2 is 1.77 bits per heavy atom. The number of Topliss-reactive ketones (excluding diaryl/α,β-unsaturated/α-hetero) is 1. The van der Waals surface area contributed by atoms with Crippen molar-refractivity contribution >= 4 is 23.1 Å². The van der Waals surface area contributed by atoms with Crippen molar-refractivity contribution in [3.8, 4) is 11.5 Å². The van der Waals surface area contributed by atoms with Crippen LogP contribution in [0.3, 0.4) is 0 Å². The number of fused-ring (bicyclic) bond motifs is 1. The molecule has 6 heteroatoms. The molecule has 35 heavy (non-hydrogen) atoms. The molecule has 0 aliphatic carbocycles. The van der Waals surface area contributed by atoms with Gasteiger partial charge in [-0.15, -0.1) is 0 Å². The number of rotatable bonds is 8. The van der Waals surface area contributed by atoms with Crippen LogP contribution < -0.4 is 14.8 Å². The summed E-state index contributed by atoms with van der Waals surface area (Å²) in [4.78, 5) is 30.8. The molecule has 0 spiro atoms. The Morgan fingerprint density at radius 3 is 2.49 bits per heavy atom. The number of carbonyl (C=O) groups excluding carboxylic acids is 2. The molecule has 1 heterocycles. The number of ketones is 1. The van der Waals surface area contributed by atoms with Gasteiger partial charge in [0.25, 0.3) is 5.91 Å². The van der Waals surface area contributed by atoms with Crippen LogP contribution in [0.2, 0.25) is 0 Å². The summed E-state index contributed by atoms with van der Waals surface area (Å²) in [6, 6.07) is 20.0. The number of nitrogens with one attached hydrogen (secondary N) is 1. The summed E-state index contributed by atoms with van der Waals surface area (Å²) in [5, 5.41) is 2.87. The molecule has 0 fully saturated rings. The third-order valence-corrected chi connectivity index (χ3v) is 5.91. The van der Waals surface area contributed by atoms with Crippen LogP contribution in [-0.4, -0.2) is 36.7 Å². The number of para-hydroxylation sites is 1. The number of ether oxygens (including phenoxy) is 2. The lowest BCUT2D eigenvalue weighted by Gasteiger charge is -2.29. The predicted octanol–water partition coefficient (Wildman–Crippen LogP) is 5.74. The first kappa shape index (κ1) is 24.2. The van der Waals surface area contributed by atoms with Crippen LogP contribution in [0.25, 0.3) is 0 Å². The fraction of sp³-hybridized carbons (Fsp3) is 0.276. The predicted molar refractivity (Wildman–Crippen MR) is 138 cm³/mol. The van der Waals surface area contributed by atoms with E-state index in [2.05, 4.69) is 25.2 Å². The molecule has 6 nitrogen and oxygen atoms in total. The molecule has 3 aromatic carbocycles. The number of hydrogen-bond donors (Lipinski definition) is 1. The van der Waals surface area contributed by atoms with Crippen LogP contribution in [0.4, 0.5) is 5.69 Å². The van der Waals surface area contributed by atoms with Gasteiger partial charge >= 0.3 is 0 Å². The average molecular weight is 471 g/mol. The Balaban J connectivity index is 1.49. The molecule has 0 atom stereocenters. The van der Waals surface area contributed by atoms with Crippen molar-refractivity contribution < 1.29 is 19.1 Å². The van der Waals surface area contributed by atoms with Gasteiger partial charge in [0.05, 0.1) is 37.0 Å². The zero-order valence-electron chi connectivity index (χ0n) is 20.6. The number of benzene rings is 3. The smallest absolute Gasteiger partial charge is 0.259 e. The number of aliphatic imine (C=N–C) groups is 1. The van der Waals surface area contributed by atoms with E-state index in [9.17, 15) is 9.59 Å². The van der Waals surface area contributed by atoms with Crippen LogP contribution in [0.5, 0.6) is 11.5 Å². The summed E-state index contributed by atoms with van der Waals surface area (Å²) in [5.41, 5.74) is 4.25. The summed E-state index contributed by atoms with van der Waals surface area (Å²) in [6.45, 7) is 6.50. The van der Waals surface area contributed by atoms with Crippen molar-refractivity contribution in [2.24, 2.45) is 4.99 Å². The highest BCUT2D eigenvalue weighted by molar-refractivity contribution is 6.17. The molecule has 1 N–H and O–H groups in total. The summed E-state index contributed by atoms with van der Waals surface area (Å²) in [6.07, 6.45) is 1.00. The molecule has 180 valence electrons. The van der Waals surface area contributed by atoms with Crippen LogP contribution >= 0.6 is 0 Å². The second kappa shape index (κ2) is 10.1. The minimum Gasteiger partial charge on any atom is -0.497 e. The number of anilines is 1. The quantitative estimate of drug-likeness (QED) is 0.426. The van der Waals surface area contributed by atoms with Gasteiger partial charge in [-0.2, -0.15) is 0 Å². The van der Waals surface area contributed by atoms with Crippen LogP contribution in [-0.2, 0) is 6.42 Å². The van der Waals surface area contributed by atoms with Gasteiger partial charge in [-0.1, -0.05) is 18.2 Å². The fourth-order valence-corrected chi connectivity index (χ4v) is 4.30. The van der Waals surface area contributed by atoms with E-state index in [1.165, 1.54) is 5.56 Å². The summed E-state index contributed by atoms with van der Waals surface area (Å²) in [7, 11) is 1.63. The first-order valence-corrected chi connectivity index (χ1v) is 11.7. The molecule has 1 aliphatic heterocycles. The minimum atomic E-state index is -0.275. The van der Waals surface area contributed by atoms with E-state index in [1.807, 2.05) is 25.1 Å². The van der Waals surface area contributed by atoms with Gasteiger partial charge in [0.15, 0.2) is 5.78 Å². The van der Waals surface area contributed by atoms with Gasteiger partial charge in [-0.05, 0) is 81.3 Å². The third-order valence-electron chi connectivity index (χ3n) is 5.91. The largest absolute Gasteiger partial charge is 0.497 e. The van der Waals surface area contributed by atoms with E-state index in [-0.39, 0.29) is 23.7 Å². The normalized spacial score (nSPS) is 13.9. The monoisotopic (exact) mass is 470 g/mol. The second-order valence-electron chi connectivity index (χ2n) is 9.13. The van der Waals surface area contributed by atoms with Gasteiger partial charge in [-0.25, -0.2) is 0 Å². The van der Waals surface area contributed by atoms with Crippen molar-refractivity contribution in [1.29, 1.82) is 0 Å². The lowest BCUT2D eigenvalue weighted by Crippen LogP contribution is -2.30. The Kier molecular flexibility index (Phi) is 7.01. The topological polar surface area (TPSA) is 77.0 Å². The standard InChI is InChI=1S/C29H30N2O4/c1-5-35-27-9-7-6-8-23(27)28(33)30-21-13-10-19(11-14-21)26(32)17-25-24-16-22(34-4)15-12-20(24)18-29(2,3)31-25/h6-16H,5,17-18H2,1-4H3,(H,30,33). The molecule has 0 unspecified atom stereocenters. The van der Waals surface area contributed by atoms with Crippen LogP contribution in [0.1, 0.15) is 59.0 Å². The highest BCUT2D eigenvalue weighted by Gasteiger charge is 2.28. The van der Waals surface area contributed by atoms with E-state index in [4.69, 9.17) is 14.5 Å². The number of hydrogen-bond acceptors (Lipinski definition) is 5. The molecule has 3 aromatic rings. The number of amides is 1. The highest BCUT2D eigenvalue weighted by atomic mass is 16.5. The highest BCUT2D eigenvalue weighted by Crippen LogP contribution is 2.31. The molecular weight excluding hydrogens is 440 g/mol. The molecule has 0 saturated heterocycles. The molecule has 1 aliphatic rings. The molecule has 0 bridgehead atoms. The van der Waals surface area contributed by atoms with Gasteiger partial charge < -0.3 is 14.8 Å². The first-order chi connectivity index (χ1) is 16.8. The van der Waals surface area contributed by atoms with Crippen LogP contribution in [0.15, 0.2) is 71.7 Å². The van der Waals surface area contributed by atoms with Crippen LogP contribution in [0, 0.1) is 0 Å². The maximum absolute atomic E-state index is 13.1. The lowest BCUT2D eigenvalue weighted by molar-refractivity contribution is 0.0998. The first-order valence-electron chi connectivity index (χ1n) is 11.7. The summed E-state index contributed by atoms with van der Waals surface area (Å²) >= 11 is 0. The van der Waals surface area contributed by atoms with Gasteiger partial charge in [0, 0.05) is 16.8 Å². The van der Waals surface area contributed by atoms with Crippen molar-refractivity contribution in [3.63, 3.8) is 0 Å². The zero-order chi connectivity index (χ0) is 25.0. The molecule has 4 rings (SSSR count). The average Bonchev–Trinajstić information content (AvgIpc) is 2.84. The second-order valence-corrected chi connectivity index (χ2v) is 9.13. The molecule has 1 amide bonds. The zero-order valence-corrected chi connectivity index (χ0v) is 20.6. The van der Waals surface area contributed by atoms with E-state index in [0.717, 1.165) is 23.4 Å². The molecule has 0 aromatic heterocycles. The summed E-state index contributed by atoms with van der Waals surface area (Å²) < 4.78 is 10.9. The summed E-state index contributed by atoms with van der Waals surface area (Å²) in [5.74, 6) is 0.981. The van der Waals surface area contributed by atoms with Gasteiger partial charge in [0.1, 0.15) is 11.5 Å². The Labute approximate surface area is 206 Å². The van der Waals surface area contributed by atoms with Gasteiger partial charge in [-0.3, -0.25) is 14.6 Å². The van der Waals surface area contributed by atoms with Crippen molar-refractivity contribution in [2.75, 3.05) is 19.0 Å². The van der Waals surface area contributed by atoms with E-state index in [1.54, 1.807) is 49.6 Å². The fourth-order valence-electron chi connectivity index (χ4n) is 4.30. The van der Waals surface area contributed by atoms with Gasteiger partial charge in [0.2, 0.25) is 0 Å². The van der Waals surface area contributed by atoms with Crippen molar-refractivity contribution in [3.05, 3.63) is 89.0 Å². The van der Waals surface area contributed by atoms with Crippen molar-refractivity contribution in [1.82, 2.24) is 0 Å².